The zero-order chi connectivity index (χ0) is 20.6. The number of thioether (sulfide) groups is 1. The van der Waals surface area contributed by atoms with Crippen molar-refractivity contribution >= 4 is 23.5 Å². The van der Waals surface area contributed by atoms with Crippen LogP contribution in [0.4, 0.5) is 5.95 Å². The van der Waals surface area contributed by atoms with Gasteiger partial charge in [0.15, 0.2) is 5.78 Å². The SMILES string of the molecule is CCCCCSc1nc2n(n1)C(c1ccc(C)cc1)C1=C(CC(C)(C)CC1=O)N2. The first-order valence-corrected chi connectivity index (χ1v) is 11.6. The molecule has 0 radical (unpaired) electrons. The molecule has 0 amide bonds. The molecule has 0 saturated heterocycles. The van der Waals surface area contributed by atoms with Gasteiger partial charge in [-0.1, -0.05) is 75.2 Å². The van der Waals surface area contributed by atoms with Crippen molar-refractivity contribution in [2.45, 2.75) is 71.0 Å². The summed E-state index contributed by atoms with van der Waals surface area (Å²) in [6, 6.07) is 8.23. The standard InChI is InChI=1S/C23H30N4OS/c1-5-6-7-12-29-22-25-21-24-17-13-23(3,4)14-18(28)19(17)20(27(21)26-22)16-10-8-15(2)9-11-16/h8-11,20H,5-7,12-14H2,1-4H3,(H,24,25,26). The molecule has 1 atom stereocenters. The lowest BCUT2D eigenvalue weighted by molar-refractivity contribution is -0.118. The van der Waals surface area contributed by atoms with Gasteiger partial charge in [0.2, 0.25) is 11.1 Å². The van der Waals surface area contributed by atoms with Gasteiger partial charge in [0.05, 0.1) is 0 Å². The second kappa shape index (κ2) is 7.98. The Morgan fingerprint density at radius 2 is 1.97 bits per heavy atom. The maximum atomic E-state index is 13.2. The van der Waals surface area contributed by atoms with Crippen molar-refractivity contribution < 1.29 is 4.79 Å². The van der Waals surface area contributed by atoms with Crippen molar-refractivity contribution in [1.29, 1.82) is 0 Å². The van der Waals surface area contributed by atoms with Gasteiger partial charge in [0.1, 0.15) is 6.04 Å². The third-order valence-electron chi connectivity index (χ3n) is 5.68. The summed E-state index contributed by atoms with van der Waals surface area (Å²) in [5, 5.41) is 9.05. The fourth-order valence-corrected chi connectivity index (χ4v) is 5.05. The van der Waals surface area contributed by atoms with E-state index in [0.29, 0.717) is 6.42 Å². The zero-order valence-corrected chi connectivity index (χ0v) is 18.6. The Balaban J connectivity index is 1.73. The number of carbonyl (C=O) groups is 1. The molecule has 1 N–H and O–H groups in total. The van der Waals surface area contributed by atoms with E-state index >= 15 is 0 Å². The van der Waals surface area contributed by atoms with Crippen LogP contribution in [-0.2, 0) is 4.79 Å². The van der Waals surface area contributed by atoms with Crippen molar-refractivity contribution in [1.82, 2.24) is 14.8 Å². The van der Waals surface area contributed by atoms with Gasteiger partial charge in [-0.15, -0.1) is 5.10 Å². The number of unbranched alkanes of at least 4 members (excludes halogenated alkanes) is 2. The quantitative estimate of drug-likeness (QED) is 0.501. The number of aryl methyl sites for hydroxylation is 1. The highest BCUT2D eigenvalue weighted by atomic mass is 32.2. The van der Waals surface area contributed by atoms with Gasteiger partial charge >= 0.3 is 0 Å². The molecule has 1 unspecified atom stereocenters. The van der Waals surface area contributed by atoms with Gasteiger partial charge in [-0.25, -0.2) is 4.68 Å². The highest BCUT2D eigenvalue weighted by molar-refractivity contribution is 7.99. The van der Waals surface area contributed by atoms with E-state index in [1.807, 2.05) is 4.68 Å². The fraction of sp³-hybridized carbons (Fsp3) is 0.522. The molecule has 29 heavy (non-hydrogen) atoms. The Labute approximate surface area is 177 Å². The number of fused-ring (bicyclic) bond motifs is 1. The molecule has 2 aromatic rings. The van der Waals surface area contributed by atoms with Crippen LogP contribution < -0.4 is 5.32 Å². The van der Waals surface area contributed by atoms with Crippen LogP contribution in [0.15, 0.2) is 40.7 Å². The van der Waals surface area contributed by atoms with Crippen molar-refractivity contribution in [3.05, 3.63) is 46.7 Å². The zero-order valence-electron chi connectivity index (χ0n) is 17.8. The number of Topliss-reactive ketones (excluding diaryl/α,β-unsaturated/α-hetero) is 1. The van der Waals surface area contributed by atoms with E-state index in [1.165, 1.54) is 24.8 Å². The third-order valence-corrected chi connectivity index (χ3v) is 6.61. The van der Waals surface area contributed by atoms with Crippen LogP contribution in [0.25, 0.3) is 0 Å². The average molecular weight is 411 g/mol. The molecule has 2 heterocycles. The third kappa shape index (κ3) is 4.13. The minimum atomic E-state index is -0.206. The first kappa shape index (κ1) is 20.2. The number of nitrogens with zero attached hydrogens (tertiary/aromatic N) is 3. The van der Waals surface area contributed by atoms with Crippen LogP contribution >= 0.6 is 11.8 Å². The van der Waals surface area contributed by atoms with E-state index in [-0.39, 0.29) is 17.2 Å². The molecule has 1 aliphatic heterocycles. The molecule has 0 bridgehead atoms. The molecule has 0 fully saturated rings. The van der Waals surface area contributed by atoms with Gasteiger partial charge in [0.25, 0.3) is 0 Å². The molecule has 1 aromatic carbocycles. The van der Waals surface area contributed by atoms with E-state index in [2.05, 4.69) is 57.3 Å². The number of anilines is 1. The lowest BCUT2D eigenvalue weighted by Crippen LogP contribution is -2.36. The van der Waals surface area contributed by atoms with Crippen molar-refractivity contribution in [2.24, 2.45) is 5.41 Å². The lowest BCUT2D eigenvalue weighted by Gasteiger charge is -2.38. The molecule has 1 aromatic heterocycles. The first-order valence-electron chi connectivity index (χ1n) is 10.6. The summed E-state index contributed by atoms with van der Waals surface area (Å²) >= 11 is 1.70. The second-order valence-corrected chi connectivity index (χ2v) is 10.1. The maximum absolute atomic E-state index is 13.2. The van der Waals surface area contributed by atoms with Crippen LogP contribution in [0.3, 0.4) is 0 Å². The monoisotopic (exact) mass is 410 g/mol. The molecule has 6 heteroatoms. The molecule has 4 rings (SSSR count). The van der Waals surface area contributed by atoms with Crippen molar-refractivity contribution in [3.8, 4) is 0 Å². The molecular formula is C23H30N4OS. The summed E-state index contributed by atoms with van der Waals surface area (Å²) in [6.07, 6.45) is 5.02. The van der Waals surface area contributed by atoms with Crippen LogP contribution in [0, 0.1) is 12.3 Å². The van der Waals surface area contributed by atoms with E-state index in [0.717, 1.165) is 40.1 Å². The highest BCUT2D eigenvalue weighted by Gasteiger charge is 2.41. The molecule has 1 aliphatic carbocycles. The number of allylic oxidation sites excluding steroid dienone is 2. The number of hydrogen-bond acceptors (Lipinski definition) is 5. The van der Waals surface area contributed by atoms with Crippen LogP contribution in [0.5, 0.6) is 0 Å². The number of nitrogens with one attached hydrogen (secondary N) is 1. The molecular weight excluding hydrogens is 380 g/mol. The van der Waals surface area contributed by atoms with Crippen LogP contribution in [0.2, 0.25) is 0 Å². The van der Waals surface area contributed by atoms with Crippen LogP contribution in [0.1, 0.15) is 70.0 Å². The van der Waals surface area contributed by atoms with Gasteiger partial charge in [-0.2, -0.15) is 4.98 Å². The number of benzene rings is 1. The summed E-state index contributed by atoms with van der Waals surface area (Å²) in [5.41, 5.74) is 4.12. The van der Waals surface area contributed by atoms with Crippen molar-refractivity contribution in [3.63, 3.8) is 0 Å². The maximum Gasteiger partial charge on any atom is 0.227 e. The topological polar surface area (TPSA) is 59.8 Å². The molecule has 0 saturated carbocycles. The number of ketones is 1. The van der Waals surface area contributed by atoms with Crippen molar-refractivity contribution in [2.75, 3.05) is 11.1 Å². The number of rotatable bonds is 6. The number of hydrogen-bond donors (Lipinski definition) is 1. The summed E-state index contributed by atoms with van der Waals surface area (Å²) < 4.78 is 1.92. The summed E-state index contributed by atoms with van der Waals surface area (Å²) in [7, 11) is 0. The predicted octanol–water partition coefficient (Wildman–Crippen LogP) is 5.53. The second-order valence-electron chi connectivity index (χ2n) is 8.99. The lowest BCUT2D eigenvalue weighted by atomic mass is 9.73. The summed E-state index contributed by atoms with van der Waals surface area (Å²) in [6.45, 7) is 8.61. The normalized spacial score (nSPS) is 20.3. The minimum Gasteiger partial charge on any atom is -0.328 e. The minimum absolute atomic E-state index is 0.0410. The number of carbonyl (C=O) groups excluding carboxylic acids is 1. The van der Waals surface area contributed by atoms with Gasteiger partial charge in [0, 0.05) is 23.4 Å². The van der Waals surface area contributed by atoms with Gasteiger partial charge in [-0.05, 0) is 30.7 Å². The molecule has 2 aliphatic rings. The smallest absolute Gasteiger partial charge is 0.227 e. The molecule has 154 valence electrons. The Morgan fingerprint density at radius 3 is 2.69 bits per heavy atom. The largest absolute Gasteiger partial charge is 0.328 e. The van der Waals surface area contributed by atoms with Crippen LogP contribution in [-0.4, -0.2) is 26.3 Å². The van der Waals surface area contributed by atoms with Gasteiger partial charge < -0.3 is 5.32 Å². The van der Waals surface area contributed by atoms with E-state index in [1.54, 1.807) is 11.8 Å². The fourth-order valence-electron chi connectivity index (χ4n) is 4.22. The molecule has 5 nitrogen and oxygen atoms in total. The highest BCUT2D eigenvalue weighted by Crippen LogP contribution is 2.45. The first-order chi connectivity index (χ1) is 13.9. The Morgan fingerprint density at radius 1 is 1.21 bits per heavy atom. The summed E-state index contributed by atoms with van der Waals surface area (Å²) in [5.74, 6) is 1.98. The predicted molar refractivity (Wildman–Crippen MR) is 118 cm³/mol. The Kier molecular flexibility index (Phi) is 5.56. The van der Waals surface area contributed by atoms with E-state index < -0.39 is 0 Å². The Hall–Kier alpha value is -2.08. The Bertz CT molecular complexity index is 942. The summed E-state index contributed by atoms with van der Waals surface area (Å²) in [4.78, 5) is 18.0. The van der Waals surface area contributed by atoms with E-state index in [9.17, 15) is 4.79 Å². The average Bonchev–Trinajstić information content (AvgIpc) is 3.06. The van der Waals surface area contributed by atoms with E-state index in [4.69, 9.17) is 10.1 Å². The number of aromatic nitrogens is 3. The van der Waals surface area contributed by atoms with Gasteiger partial charge in [-0.3, -0.25) is 4.79 Å². The molecule has 0 spiro atoms.